The van der Waals surface area contributed by atoms with Crippen molar-refractivity contribution in [3.05, 3.63) is 34.4 Å². The molecule has 5 heteroatoms. The second-order valence-electron chi connectivity index (χ2n) is 2.02. The summed E-state index contributed by atoms with van der Waals surface area (Å²) in [6.45, 7) is 0. The summed E-state index contributed by atoms with van der Waals surface area (Å²) in [7, 11) is 0. The van der Waals surface area contributed by atoms with Crippen molar-refractivity contribution in [1.29, 1.82) is 0 Å². The van der Waals surface area contributed by atoms with Gasteiger partial charge in [-0.2, -0.15) is 0 Å². The van der Waals surface area contributed by atoms with Crippen molar-refractivity contribution < 1.29 is 13.6 Å². The van der Waals surface area contributed by atoms with Crippen LogP contribution in [-0.4, -0.2) is 5.24 Å². The SMILES string of the molecule is O=C(Cl)c1cc(Cl)c(F)cc1F. The Hall–Kier alpha value is -0.670. The first-order chi connectivity index (χ1) is 5.52. The van der Waals surface area contributed by atoms with E-state index in [9.17, 15) is 13.6 Å². The van der Waals surface area contributed by atoms with Gasteiger partial charge < -0.3 is 0 Å². The lowest BCUT2D eigenvalue weighted by molar-refractivity contribution is 0.107. The highest BCUT2D eigenvalue weighted by molar-refractivity contribution is 6.67. The molecule has 0 saturated carbocycles. The molecule has 0 spiro atoms. The van der Waals surface area contributed by atoms with Gasteiger partial charge in [0.25, 0.3) is 5.24 Å². The van der Waals surface area contributed by atoms with Crippen molar-refractivity contribution in [1.82, 2.24) is 0 Å². The molecule has 1 aromatic carbocycles. The van der Waals surface area contributed by atoms with Crippen molar-refractivity contribution >= 4 is 28.4 Å². The molecule has 0 atom stereocenters. The van der Waals surface area contributed by atoms with Crippen LogP contribution in [0.5, 0.6) is 0 Å². The van der Waals surface area contributed by atoms with Crippen LogP contribution in [0.1, 0.15) is 10.4 Å². The van der Waals surface area contributed by atoms with Crippen molar-refractivity contribution in [2.75, 3.05) is 0 Å². The van der Waals surface area contributed by atoms with Gasteiger partial charge in [-0.05, 0) is 17.7 Å². The fourth-order valence-electron chi connectivity index (χ4n) is 0.673. The number of hydrogen-bond acceptors (Lipinski definition) is 1. The summed E-state index contributed by atoms with van der Waals surface area (Å²) < 4.78 is 25.2. The van der Waals surface area contributed by atoms with Crippen molar-refractivity contribution in [2.45, 2.75) is 0 Å². The molecule has 0 amide bonds. The third-order valence-corrected chi connectivity index (χ3v) is 1.71. The Morgan fingerprint density at radius 3 is 2.33 bits per heavy atom. The van der Waals surface area contributed by atoms with E-state index in [4.69, 9.17) is 23.2 Å². The fourth-order valence-corrected chi connectivity index (χ4v) is 0.982. The number of benzene rings is 1. The number of hydrogen-bond donors (Lipinski definition) is 0. The molecule has 0 unspecified atom stereocenters. The molecule has 12 heavy (non-hydrogen) atoms. The van der Waals surface area contributed by atoms with Crippen LogP contribution in [0.4, 0.5) is 8.78 Å². The van der Waals surface area contributed by atoms with Gasteiger partial charge >= 0.3 is 0 Å². The first-order valence-corrected chi connectivity index (χ1v) is 3.62. The number of carbonyl (C=O) groups is 1. The lowest BCUT2D eigenvalue weighted by Crippen LogP contribution is -1.95. The highest BCUT2D eigenvalue weighted by Gasteiger charge is 2.12. The Kier molecular flexibility index (Phi) is 2.65. The Balaban J connectivity index is 3.33. The van der Waals surface area contributed by atoms with Gasteiger partial charge in [-0.1, -0.05) is 11.6 Å². The predicted molar refractivity (Wildman–Crippen MR) is 41.6 cm³/mol. The molecule has 1 aromatic rings. The molecule has 0 aliphatic carbocycles. The monoisotopic (exact) mass is 210 g/mol. The molecule has 64 valence electrons. The average molecular weight is 211 g/mol. The molecule has 1 nitrogen and oxygen atoms in total. The minimum atomic E-state index is -1.02. The lowest BCUT2D eigenvalue weighted by atomic mass is 10.2. The lowest BCUT2D eigenvalue weighted by Gasteiger charge is -1.98. The second-order valence-corrected chi connectivity index (χ2v) is 2.77. The van der Waals surface area contributed by atoms with E-state index in [0.717, 1.165) is 6.07 Å². The maximum absolute atomic E-state index is 12.7. The Morgan fingerprint density at radius 1 is 1.25 bits per heavy atom. The third kappa shape index (κ3) is 1.73. The Bertz CT molecular complexity index is 338. The van der Waals surface area contributed by atoms with Crippen LogP contribution in [0, 0.1) is 11.6 Å². The average Bonchev–Trinajstić information content (AvgIpc) is 1.96. The molecule has 0 radical (unpaired) electrons. The van der Waals surface area contributed by atoms with E-state index in [1.807, 2.05) is 0 Å². The van der Waals surface area contributed by atoms with Gasteiger partial charge in [-0.15, -0.1) is 0 Å². The molecule has 0 aliphatic rings. The van der Waals surface area contributed by atoms with Gasteiger partial charge in [-0.25, -0.2) is 8.78 Å². The quantitative estimate of drug-likeness (QED) is 0.515. The third-order valence-electron chi connectivity index (χ3n) is 1.22. The molecule has 0 saturated heterocycles. The second kappa shape index (κ2) is 3.37. The Morgan fingerprint density at radius 2 is 1.83 bits per heavy atom. The van der Waals surface area contributed by atoms with Crippen LogP contribution in [0.25, 0.3) is 0 Å². The summed E-state index contributed by atoms with van der Waals surface area (Å²) in [6, 6.07) is 1.36. The van der Waals surface area contributed by atoms with Crippen molar-refractivity contribution in [3.63, 3.8) is 0 Å². The van der Waals surface area contributed by atoms with Gasteiger partial charge in [-0.3, -0.25) is 4.79 Å². The molecular formula is C7H2Cl2F2O. The van der Waals surface area contributed by atoms with E-state index in [2.05, 4.69) is 0 Å². The zero-order valence-electron chi connectivity index (χ0n) is 5.57. The number of halogens is 4. The maximum atomic E-state index is 12.7. The summed E-state index contributed by atoms with van der Waals surface area (Å²) in [5, 5.41) is -1.34. The largest absolute Gasteiger partial charge is 0.275 e. The minimum Gasteiger partial charge on any atom is -0.275 e. The predicted octanol–water partition coefficient (Wildman–Crippen LogP) is 3.00. The van der Waals surface area contributed by atoms with Gasteiger partial charge in [0.05, 0.1) is 10.6 Å². The fraction of sp³-hybridized carbons (Fsp3) is 0. The van der Waals surface area contributed by atoms with Gasteiger partial charge in [0.15, 0.2) is 0 Å². The van der Waals surface area contributed by atoms with Crippen LogP contribution in [0.3, 0.4) is 0 Å². The minimum absolute atomic E-state index is 0.333. The first kappa shape index (κ1) is 9.42. The van der Waals surface area contributed by atoms with Crippen molar-refractivity contribution in [2.24, 2.45) is 0 Å². The summed E-state index contributed by atoms with van der Waals surface area (Å²) in [5.41, 5.74) is -0.428. The van der Waals surface area contributed by atoms with Crippen LogP contribution >= 0.6 is 23.2 Å². The summed E-state index contributed by atoms with van der Waals surface area (Å²) >= 11 is 10.3. The molecule has 0 aromatic heterocycles. The van der Waals surface area contributed by atoms with Gasteiger partial charge in [0.1, 0.15) is 11.6 Å². The topological polar surface area (TPSA) is 17.1 Å². The van der Waals surface area contributed by atoms with E-state index in [-0.39, 0.29) is 5.02 Å². The smallest absolute Gasteiger partial charge is 0.255 e. The van der Waals surface area contributed by atoms with E-state index in [0.29, 0.717) is 6.07 Å². The number of carbonyl (C=O) groups excluding carboxylic acids is 1. The van der Waals surface area contributed by atoms with Crippen LogP contribution in [-0.2, 0) is 0 Å². The molecule has 0 N–H and O–H groups in total. The molecule has 0 bridgehead atoms. The van der Waals surface area contributed by atoms with Crippen LogP contribution in [0.2, 0.25) is 5.02 Å². The van der Waals surface area contributed by atoms with E-state index in [1.54, 1.807) is 0 Å². The standard InChI is InChI=1S/C7H2Cl2F2O/c8-4-1-3(7(9)12)5(10)2-6(4)11/h1-2H. The maximum Gasteiger partial charge on any atom is 0.255 e. The summed E-state index contributed by atoms with van der Waals surface area (Å²) in [4.78, 5) is 10.5. The molecule has 0 heterocycles. The summed E-state index contributed by atoms with van der Waals surface area (Å²) in [5.74, 6) is -1.94. The molecule has 0 aliphatic heterocycles. The number of rotatable bonds is 1. The van der Waals surface area contributed by atoms with E-state index >= 15 is 0 Å². The highest BCUT2D eigenvalue weighted by Crippen LogP contribution is 2.20. The van der Waals surface area contributed by atoms with Gasteiger partial charge in [0.2, 0.25) is 0 Å². The Labute approximate surface area is 76.9 Å². The van der Waals surface area contributed by atoms with Crippen molar-refractivity contribution in [3.8, 4) is 0 Å². The first-order valence-electron chi connectivity index (χ1n) is 2.86. The highest BCUT2D eigenvalue weighted by atomic mass is 35.5. The van der Waals surface area contributed by atoms with Crippen LogP contribution < -0.4 is 0 Å². The van der Waals surface area contributed by atoms with E-state index < -0.39 is 22.4 Å². The van der Waals surface area contributed by atoms with Gasteiger partial charge in [0, 0.05) is 6.07 Å². The van der Waals surface area contributed by atoms with Crippen LogP contribution in [0.15, 0.2) is 12.1 Å². The van der Waals surface area contributed by atoms with E-state index in [1.165, 1.54) is 0 Å². The zero-order chi connectivity index (χ0) is 9.30. The molecule has 0 fully saturated rings. The normalized spacial score (nSPS) is 10.0. The summed E-state index contributed by atoms with van der Waals surface area (Å²) in [6.07, 6.45) is 0. The zero-order valence-corrected chi connectivity index (χ0v) is 7.09. The molecule has 1 rings (SSSR count). The molecular weight excluding hydrogens is 209 g/mol.